The number of amides is 2. The number of rotatable bonds is 4. The number of hydroxylamine groups is 2. The van der Waals surface area contributed by atoms with Gasteiger partial charge >= 0.3 is 29.6 Å². The fraction of sp³-hybridized carbons (Fsp3) is 0.200. The molecule has 0 bridgehead atoms. The topological polar surface area (TPSA) is 86.7 Å². The average molecular weight is 277 g/mol. The van der Waals surface area contributed by atoms with Gasteiger partial charge in [-0.25, -0.2) is 0 Å². The van der Waals surface area contributed by atoms with Crippen molar-refractivity contribution in [2.75, 3.05) is 12.4 Å². The number of hydrogen-bond acceptors (Lipinski definition) is 5. The number of fused-ring (bicyclic) bond motifs is 1. The van der Waals surface area contributed by atoms with Crippen LogP contribution in [0.1, 0.15) is 20.7 Å². The van der Waals surface area contributed by atoms with Gasteiger partial charge in [0.05, 0.1) is 17.7 Å². The summed E-state index contributed by atoms with van der Waals surface area (Å²) in [5.41, 5.74) is 0.529. The van der Waals surface area contributed by atoms with Crippen molar-refractivity contribution in [3.05, 3.63) is 35.4 Å². The largest absolute Gasteiger partial charge is 1.00 e. The van der Waals surface area contributed by atoms with Gasteiger partial charge in [-0.05, 0) is 12.1 Å². The third kappa shape index (κ3) is 3.05. The van der Waals surface area contributed by atoms with Crippen molar-refractivity contribution < 1.29 is 52.7 Å². The molecule has 1 aromatic carbocycles. The van der Waals surface area contributed by atoms with E-state index in [1.165, 1.54) is 12.1 Å². The van der Waals surface area contributed by atoms with E-state index < -0.39 is 22.9 Å². The van der Waals surface area contributed by atoms with Gasteiger partial charge < -0.3 is 4.55 Å². The Labute approximate surface area is 128 Å². The molecular formula is C10H8NNaO5S. The third-order valence-corrected chi connectivity index (χ3v) is 2.73. The summed E-state index contributed by atoms with van der Waals surface area (Å²) in [5, 5.41) is 0.595. The van der Waals surface area contributed by atoms with Crippen LogP contribution in [0.3, 0.4) is 0 Å². The maximum Gasteiger partial charge on any atom is 1.00 e. The van der Waals surface area contributed by atoms with E-state index in [1.807, 2.05) is 0 Å². The quantitative estimate of drug-likeness (QED) is 0.335. The number of benzene rings is 1. The molecule has 0 saturated carbocycles. The molecule has 0 aliphatic carbocycles. The van der Waals surface area contributed by atoms with Crippen molar-refractivity contribution in [2.45, 2.75) is 0 Å². The molecule has 6 nitrogen and oxygen atoms in total. The third-order valence-electron chi connectivity index (χ3n) is 2.23. The minimum atomic E-state index is -2.26. The van der Waals surface area contributed by atoms with Crippen molar-refractivity contribution >= 4 is 22.9 Å². The molecule has 0 radical (unpaired) electrons. The molecule has 1 aliphatic rings. The summed E-state index contributed by atoms with van der Waals surface area (Å²) >= 11 is -2.26. The Morgan fingerprint density at radius 2 is 1.67 bits per heavy atom. The summed E-state index contributed by atoms with van der Waals surface area (Å²) in [6.07, 6.45) is 0. The first-order valence-corrected chi connectivity index (χ1v) is 6.02. The average Bonchev–Trinajstić information content (AvgIpc) is 2.54. The fourth-order valence-corrected chi connectivity index (χ4v) is 1.69. The summed E-state index contributed by atoms with van der Waals surface area (Å²) in [6, 6.07) is 6.32. The number of carbonyl (C=O) groups excluding carboxylic acids is 2. The Balaban J connectivity index is 0.00000162. The maximum atomic E-state index is 11.7. The molecule has 1 aliphatic heterocycles. The molecule has 90 valence electrons. The maximum absolute atomic E-state index is 11.7. The van der Waals surface area contributed by atoms with Crippen LogP contribution in [0.2, 0.25) is 0 Å². The van der Waals surface area contributed by atoms with Gasteiger partial charge in [0.1, 0.15) is 0 Å². The van der Waals surface area contributed by atoms with E-state index in [0.717, 1.165) is 0 Å². The Kier molecular flexibility index (Phi) is 5.64. The summed E-state index contributed by atoms with van der Waals surface area (Å²) < 4.78 is 20.6. The van der Waals surface area contributed by atoms with Gasteiger partial charge in [0, 0.05) is 5.75 Å². The van der Waals surface area contributed by atoms with E-state index in [2.05, 4.69) is 0 Å². The van der Waals surface area contributed by atoms with Crippen LogP contribution in [-0.4, -0.2) is 38.0 Å². The molecule has 1 atom stereocenters. The molecular weight excluding hydrogens is 269 g/mol. The summed E-state index contributed by atoms with van der Waals surface area (Å²) in [4.78, 5) is 28.3. The van der Waals surface area contributed by atoms with Crippen LogP contribution in [0.15, 0.2) is 24.3 Å². The van der Waals surface area contributed by atoms with E-state index in [4.69, 9.17) is 4.84 Å². The first-order chi connectivity index (χ1) is 8.11. The molecule has 0 saturated heterocycles. The molecule has 0 spiro atoms. The Morgan fingerprint density at radius 1 is 1.17 bits per heavy atom. The van der Waals surface area contributed by atoms with Crippen LogP contribution >= 0.6 is 0 Å². The molecule has 8 heteroatoms. The predicted molar refractivity (Wildman–Crippen MR) is 56.7 cm³/mol. The normalized spacial score (nSPS) is 15.3. The van der Waals surface area contributed by atoms with E-state index in [0.29, 0.717) is 5.06 Å². The van der Waals surface area contributed by atoms with Crippen LogP contribution in [0.4, 0.5) is 0 Å². The van der Waals surface area contributed by atoms with Gasteiger partial charge in [-0.1, -0.05) is 23.2 Å². The van der Waals surface area contributed by atoms with Gasteiger partial charge in [-0.15, -0.1) is 5.06 Å². The zero-order chi connectivity index (χ0) is 12.4. The second-order valence-corrected chi connectivity index (χ2v) is 4.31. The molecule has 1 unspecified atom stereocenters. The molecule has 2 rings (SSSR count). The van der Waals surface area contributed by atoms with Gasteiger partial charge in [-0.2, -0.15) is 0 Å². The number of hydrogen-bond donors (Lipinski definition) is 0. The van der Waals surface area contributed by atoms with Crippen molar-refractivity contribution in [3.8, 4) is 0 Å². The Hall–Kier alpha value is -0.570. The van der Waals surface area contributed by atoms with Crippen LogP contribution < -0.4 is 29.6 Å². The molecule has 1 aromatic rings. The number of carbonyl (C=O) groups is 2. The van der Waals surface area contributed by atoms with E-state index in [1.54, 1.807) is 12.1 Å². The standard InChI is InChI=1S/C10H9NO5S.Na/c12-9-7-3-1-2-4-8(7)10(13)11(9)16-5-6-17(14)15;/h1-4H,5-6H2,(H,14,15);/q;+1/p-1. The fourth-order valence-electron chi connectivity index (χ4n) is 1.48. The monoisotopic (exact) mass is 277 g/mol. The zero-order valence-corrected chi connectivity index (χ0v) is 12.4. The van der Waals surface area contributed by atoms with Gasteiger partial charge in [-0.3, -0.25) is 18.6 Å². The van der Waals surface area contributed by atoms with Crippen LogP contribution in [0, 0.1) is 0 Å². The van der Waals surface area contributed by atoms with Crippen molar-refractivity contribution in [1.29, 1.82) is 0 Å². The molecule has 2 amide bonds. The Morgan fingerprint density at radius 3 is 2.11 bits per heavy atom. The van der Waals surface area contributed by atoms with Crippen LogP contribution in [0.25, 0.3) is 0 Å². The van der Waals surface area contributed by atoms with Crippen molar-refractivity contribution in [1.82, 2.24) is 5.06 Å². The second-order valence-electron chi connectivity index (χ2n) is 3.29. The van der Waals surface area contributed by atoms with E-state index >= 15 is 0 Å². The summed E-state index contributed by atoms with van der Waals surface area (Å²) in [7, 11) is 0. The summed E-state index contributed by atoms with van der Waals surface area (Å²) in [5.74, 6) is -1.41. The zero-order valence-electron chi connectivity index (χ0n) is 9.62. The van der Waals surface area contributed by atoms with Crippen LogP contribution in [-0.2, 0) is 15.9 Å². The van der Waals surface area contributed by atoms with Crippen molar-refractivity contribution in [3.63, 3.8) is 0 Å². The summed E-state index contributed by atoms with van der Waals surface area (Å²) in [6.45, 7) is -0.235. The minimum absolute atomic E-state index is 0. The predicted octanol–water partition coefficient (Wildman–Crippen LogP) is -2.90. The first-order valence-electron chi connectivity index (χ1n) is 4.78. The van der Waals surface area contributed by atoms with E-state index in [9.17, 15) is 18.4 Å². The van der Waals surface area contributed by atoms with Gasteiger partial charge in [0.15, 0.2) is 0 Å². The first kappa shape index (κ1) is 15.5. The minimum Gasteiger partial charge on any atom is -0.772 e. The SMILES string of the molecule is O=C1c2ccccc2C(=O)N1OCCS(=O)[O-].[Na+]. The van der Waals surface area contributed by atoms with Crippen LogP contribution in [0.5, 0.6) is 0 Å². The smallest absolute Gasteiger partial charge is 0.772 e. The molecule has 0 fully saturated rings. The number of imide groups is 1. The van der Waals surface area contributed by atoms with Gasteiger partial charge in [0.25, 0.3) is 11.8 Å². The second kappa shape index (κ2) is 6.55. The van der Waals surface area contributed by atoms with E-state index in [-0.39, 0.29) is 53.0 Å². The Bertz CT molecular complexity index is 472. The van der Waals surface area contributed by atoms with Gasteiger partial charge in [0.2, 0.25) is 0 Å². The molecule has 18 heavy (non-hydrogen) atoms. The molecule has 0 aromatic heterocycles. The molecule has 0 N–H and O–H groups in total. The van der Waals surface area contributed by atoms with Crippen molar-refractivity contribution in [2.24, 2.45) is 0 Å². The number of nitrogens with zero attached hydrogens (tertiary/aromatic N) is 1. The molecule has 1 heterocycles.